The Labute approximate surface area is 105 Å². The Morgan fingerprint density at radius 1 is 1.44 bits per heavy atom. The lowest BCUT2D eigenvalue weighted by Gasteiger charge is -2.00. The fraction of sp³-hybridized carbons (Fsp3) is 0.385. The summed E-state index contributed by atoms with van der Waals surface area (Å²) in [5.74, 6) is 1.27. The van der Waals surface area contributed by atoms with E-state index in [2.05, 4.69) is 27.6 Å². The number of ether oxygens (including phenoxy) is 1. The van der Waals surface area contributed by atoms with Crippen LogP contribution in [0.25, 0.3) is 11.5 Å². The highest BCUT2D eigenvalue weighted by atomic mass is 16.5. The van der Waals surface area contributed by atoms with E-state index in [1.54, 1.807) is 7.11 Å². The third-order valence-corrected chi connectivity index (χ3v) is 3.06. The Bertz CT molecular complexity index is 551. The molecule has 5 nitrogen and oxygen atoms in total. The second-order valence-electron chi connectivity index (χ2n) is 4.31. The topological polar surface area (TPSA) is 60.2 Å². The maximum atomic E-state index is 5.27. The molecule has 0 atom stereocenters. The normalized spacial score (nSPS) is 13.4. The Hall–Kier alpha value is -1.88. The van der Waals surface area contributed by atoms with E-state index in [9.17, 15) is 0 Å². The molecule has 0 fully saturated rings. The number of aromatic nitrogens is 2. The zero-order chi connectivity index (χ0) is 12.4. The Morgan fingerprint density at radius 3 is 3.28 bits per heavy atom. The summed E-state index contributed by atoms with van der Waals surface area (Å²) in [5.41, 5.74) is 3.50. The number of nitrogens with zero attached hydrogens (tertiary/aromatic N) is 2. The van der Waals surface area contributed by atoms with Gasteiger partial charge in [-0.3, -0.25) is 0 Å². The zero-order valence-corrected chi connectivity index (χ0v) is 10.3. The summed E-state index contributed by atoms with van der Waals surface area (Å²) in [4.78, 5) is 4.37. The van der Waals surface area contributed by atoms with Crippen LogP contribution in [0.2, 0.25) is 0 Å². The average molecular weight is 245 g/mol. The van der Waals surface area contributed by atoms with Gasteiger partial charge < -0.3 is 14.6 Å². The molecule has 0 radical (unpaired) electrons. The van der Waals surface area contributed by atoms with Crippen molar-refractivity contribution in [3.63, 3.8) is 0 Å². The van der Waals surface area contributed by atoms with Crippen LogP contribution in [0.5, 0.6) is 0 Å². The predicted molar refractivity (Wildman–Crippen MR) is 67.5 cm³/mol. The van der Waals surface area contributed by atoms with Crippen molar-refractivity contribution in [1.82, 2.24) is 10.1 Å². The molecule has 0 saturated carbocycles. The molecule has 0 unspecified atom stereocenters. The molecule has 0 aliphatic carbocycles. The summed E-state index contributed by atoms with van der Waals surface area (Å²) in [7, 11) is 1.66. The number of fused-ring (bicyclic) bond motifs is 1. The number of hydrogen-bond donors (Lipinski definition) is 1. The minimum absolute atomic E-state index is 0.579. The summed E-state index contributed by atoms with van der Waals surface area (Å²) in [6.07, 6.45) is 1.72. The molecule has 1 aliphatic heterocycles. The highest BCUT2D eigenvalue weighted by molar-refractivity contribution is 5.64. The number of rotatable bonds is 4. The van der Waals surface area contributed by atoms with Crippen molar-refractivity contribution in [2.24, 2.45) is 0 Å². The van der Waals surface area contributed by atoms with Gasteiger partial charge in [0, 0.05) is 31.3 Å². The molecule has 94 valence electrons. The van der Waals surface area contributed by atoms with Crippen LogP contribution < -0.4 is 5.32 Å². The van der Waals surface area contributed by atoms with Gasteiger partial charge in [-0.05, 0) is 30.2 Å². The summed E-state index contributed by atoms with van der Waals surface area (Å²) < 4.78 is 10.3. The first kappa shape index (κ1) is 11.2. The van der Waals surface area contributed by atoms with Crippen LogP contribution in [0.4, 0.5) is 5.69 Å². The SMILES string of the molecule is COCCc1noc(-c2ccc3c(c2)CCN3)n1. The molecule has 0 amide bonds. The molecule has 1 aromatic heterocycles. The summed E-state index contributed by atoms with van der Waals surface area (Å²) in [6, 6.07) is 6.18. The van der Waals surface area contributed by atoms with E-state index < -0.39 is 0 Å². The lowest BCUT2D eigenvalue weighted by Crippen LogP contribution is -1.96. The van der Waals surface area contributed by atoms with Crippen molar-refractivity contribution in [3.05, 3.63) is 29.6 Å². The van der Waals surface area contributed by atoms with E-state index in [0.29, 0.717) is 24.7 Å². The first-order valence-corrected chi connectivity index (χ1v) is 6.05. The molecule has 1 N–H and O–H groups in total. The summed E-state index contributed by atoms with van der Waals surface area (Å²) in [5, 5.41) is 7.27. The maximum Gasteiger partial charge on any atom is 0.257 e. The first-order valence-electron chi connectivity index (χ1n) is 6.05. The third kappa shape index (κ3) is 2.09. The molecule has 1 aromatic carbocycles. The molecule has 0 saturated heterocycles. The van der Waals surface area contributed by atoms with Gasteiger partial charge in [0.15, 0.2) is 5.82 Å². The van der Waals surface area contributed by atoms with Crippen LogP contribution in [0.15, 0.2) is 22.7 Å². The van der Waals surface area contributed by atoms with Crippen LogP contribution >= 0.6 is 0 Å². The van der Waals surface area contributed by atoms with Gasteiger partial charge in [0.05, 0.1) is 6.61 Å². The van der Waals surface area contributed by atoms with Gasteiger partial charge in [-0.15, -0.1) is 0 Å². The predicted octanol–water partition coefficient (Wildman–Crippen LogP) is 1.89. The van der Waals surface area contributed by atoms with Crippen molar-refractivity contribution in [2.45, 2.75) is 12.8 Å². The van der Waals surface area contributed by atoms with Crippen LogP contribution in [0.1, 0.15) is 11.4 Å². The molecule has 1 aliphatic rings. The standard InChI is InChI=1S/C13H15N3O2/c1-17-7-5-12-15-13(18-16-12)10-2-3-11-9(8-10)4-6-14-11/h2-3,8,14H,4-7H2,1H3. The van der Waals surface area contributed by atoms with E-state index >= 15 is 0 Å². The van der Waals surface area contributed by atoms with Crippen LogP contribution in [-0.2, 0) is 17.6 Å². The van der Waals surface area contributed by atoms with E-state index in [4.69, 9.17) is 9.26 Å². The number of hydrogen-bond acceptors (Lipinski definition) is 5. The molecule has 5 heteroatoms. The Morgan fingerprint density at radius 2 is 2.39 bits per heavy atom. The highest BCUT2D eigenvalue weighted by Gasteiger charge is 2.14. The van der Waals surface area contributed by atoms with Crippen molar-refractivity contribution in [1.29, 1.82) is 0 Å². The zero-order valence-electron chi connectivity index (χ0n) is 10.3. The number of benzene rings is 1. The van der Waals surface area contributed by atoms with Crippen LogP contribution in [0.3, 0.4) is 0 Å². The molecule has 0 spiro atoms. The fourth-order valence-electron chi connectivity index (χ4n) is 2.10. The van der Waals surface area contributed by atoms with E-state index in [1.807, 2.05) is 6.07 Å². The minimum Gasteiger partial charge on any atom is -0.384 e. The van der Waals surface area contributed by atoms with Crippen LogP contribution in [-0.4, -0.2) is 30.4 Å². The minimum atomic E-state index is 0.579. The Balaban J connectivity index is 1.83. The molecule has 2 aromatic rings. The first-order chi connectivity index (χ1) is 8.86. The van der Waals surface area contributed by atoms with E-state index in [1.165, 1.54) is 11.3 Å². The van der Waals surface area contributed by atoms with E-state index in [0.717, 1.165) is 18.5 Å². The van der Waals surface area contributed by atoms with E-state index in [-0.39, 0.29) is 0 Å². The highest BCUT2D eigenvalue weighted by Crippen LogP contribution is 2.27. The number of nitrogens with one attached hydrogen (secondary N) is 1. The lowest BCUT2D eigenvalue weighted by molar-refractivity contribution is 0.199. The smallest absolute Gasteiger partial charge is 0.257 e. The molecular weight excluding hydrogens is 230 g/mol. The largest absolute Gasteiger partial charge is 0.384 e. The Kier molecular flexibility index (Phi) is 2.98. The summed E-state index contributed by atoms with van der Waals surface area (Å²) >= 11 is 0. The quantitative estimate of drug-likeness (QED) is 0.891. The summed E-state index contributed by atoms with van der Waals surface area (Å²) in [6.45, 7) is 1.61. The third-order valence-electron chi connectivity index (χ3n) is 3.06. The van der Waals surface area contributed by atoms with Gasteiger partial charge in [0.2, 0.25) is 0 Å². The fourth-order valence-corrected chi connectivity index (χ4v) is 2.10. The van der Waals surface area contributed by atoms with Gasteiger partial charge in [-0.2, -0.15) is 4.98 Å². The molecule has 0 bridgehead atoms. The number of methoxy groups -OCH3 is 1. The van der Waals surface area contributed by atoms with Crippen molar-refractivity contribution < 1.29 is 9.26 Å². The van der Waals surface area contributed by atoms with Crippen molar-refractivity contribution in [2.75, 3.05) is 25.6 Å². The second kappa shape index (κ2) is 4.78. The monoisotopic (exact) mass is 245 g/mol. The molecule has 3 rings (SSSR count). The molecule has 18 heavy (non-hydrogen) atoms. The molecular formula is C13H15N3O2. The van der Waals surface area contributed by atoms with Gasteiger partial charge in [0.25, 0.3) is 5.89 Å². The van der Waals surface area contributed by atoms with Gasteiger partial charge in [0.1, 0.15) is 0 Å². The van der Waals surface area contributed by atoms with Gasteiger partial charge >= 0.3 is 0 Å². The van der Waals surface area contributed by atoms with Crippen LogP contribution in [0, 0.1) is 0 Å². The van der Waals surface area contributed by atoms with Crippen molar-refractivity contribution in [3.8, 4) is 11.5 Å². The lowest BCUT2D eigenvalue weighted by atomic mass is 10.1. The maximum absolute atomic E-state index is 5.27. The van der Waals surface area contributed by atoms with Gasteiger partial charge in [-0.1, -0.05) is 5.16 Å². The average Bonchev–Trinajstić information content (AvgIpc) is 3.04. The second-order valence-corrected chi connectivity index (χ2v) is 4.31. The number of anilines is 1. The van der Waals surface area contributed by atoms with Crippen molar-refractivity contribution >= 4 is 5.69 Å². The molecule has 2 heterocycles. The van der Waals surface area contributed by atoms with Gasteiger partial charge in [-0.25, -0.2) is 0 Å².